The fraction of sp³-hybridized carbons (Fsp3) is 0.294. The number of nitrogens with one attached hydrogen (secondary N) is 2. The molecule has 240 valence electrons. The number of halogens is 4. The van der Waals surface area contributed by atoms with Crippen LogP contribution in [-0.4, -0.2) is 38.1 Å². The van der Waals surface area contributed by atoms with Crippen molar-refractivity contribution in [1.82, 2.24) is 19.8 Å². The van der Waals surface area contributed by atoms with Gasteiger partial charge in [0.2, 0.25) is 5.91 Å². The van der Waals surface area contributed by atoms with E-state index in [2.05, 4.69) is 21.7 Å². The first-order valence-corrected chi connectivity index (χ1v) is 15.5. The monoisotopic (exact) mass is 666 g/mol. The van der Waals surface area contributed by atoms with Crippen LogP contribution in [0.1, 0.15) is 48.2 Å². The van der Waals surface area contributed by atoms with Gasteiger partial charge in [0.05, 0.1) is 40.7 Å². The smallest absolute Gasteiger partial charge is 0.351 e. The zero-order valence-corrected chi connectivity index (χ0v) is 27.0. The van der Waals surface area contributed by atoms with E-state index in [1.165, 1.54) is 12.1 Å². The van der Waals surface area contributed by atoms with E-state index in [0.29, 0.717) is 34.9 Å². The van der Waals surface area contributed by atoms with Gasteiger partial charge in [-0.25, -0.2) is 4.98 Å². The molecule has 1 aromatic heterocycles. The fourth-order valence-corrected chi connectivity index (χ4v) is 5.38. The lowest BCUT2D eigenvalue weighted by Crippen LogP contribution is -2.50. The van der Waals surface area contributed by atoms with Crippen molar-refractivity contribution in [3.05, 3.63) is 118 Å². The van der Waals surface area contributed by atoms with Crippen molar-refractivity contribution in [2.75, 3.05) is 11.9 Å². The summed E-state index contributed by atoms with van der Waals surface area (Å²) in [7, 11) is 0. The maximum absolute atomic E-state index is 13.9. The first-order chi connectivity index (χ1) is 22.0. The van der Waals surface area contributed by atoms with Gasteiger partial charge in [0.25, 0.3) is 0 Å². The number of carbonyl (C=O) groups is 1. The minimum absolute atomic E-state index is 0.0315. The summed E-state index contributed by atoms with van der Waals surface area (Å²) in [5, 5.41) is 15.8. The van der Waals surface area contributed by atoms with Gasteiger partial charge in [-0.1, -0.05) is 74.3 Å². The first-order valence-electron chi connectivity index (χ1n) is 14.7. The van der Waals surface area contributed by atoms with Crippen molar-refractivity contribution in [3.63, 3.8) is 0 Å². The van der Waals surface area contributed by atoms with Crippen LogP contribution in [-0.2, 0) is 30.5 Å². The Balaban J connectivity index is 1.55. The average Bonchev–Trinajstić information content (AvgIpc) is 3.46. The highest BCUT2D eigenvalue weighted by Gasteiger charge is 2.34. The molecule has 0 aliphatic carbocycles. The van der Waals surface area contributed by atoms with Crippen LogP contribution in [0.4, 0.5) is 18.9 Å². The summed E-state index contributed by atoms with van der Waals surface area (Å²) in [6.45, 7) is 4.43. The molecular formula is C34H34ClF3N6OS. The third-order valence-corrected chi connectivity index (χ3v) is 8.45. The molecule has 7 nitrogen and oxygen atoms in total. The van der Waals surface area contributed by atoms with E-state index in [9.17, 15) is 18.0 Å². The van der Waals surface area contributed by atoms with Crippen molar-refractivity contribution in [1.29, 1.82) is 5.26 Å². The van der Waals surface area contributed by atoms with Crippen LogP contribution in [0.5, 0.6) is 0 Å². The minimum Gasteiger partial charge on any atom is -0.351 e. The summed E-state index contributed by atoms with van der Waals surface area (Å²) in [5.41, 5.74) is 2.02. The van der Waals surface area contributed by atoms with Gasteiger partial charge in [-0.05, 0) is 59.6 Å². The van der Waals surface area contributed by atoms with Crippen LogP contribution in [0.2, 0.25) is 5.02 Å². The molecule has 0 saturated heterocycles. The number of alkyl halides is 3. The van der Waals surface area contributed by atoms with E-state index in [0.717, 1.165) is 11.6 Å². The summed E-state index contributed by atoms with van der Waals surface area (Å²) >= 11 is 12.1. The number of aromatic nitrogens is 2. The largest absolute Gasteiger partial charge is 0.416 e. The zero-order valence-electron chi connectivity index (χ0n) is 25.4. The number of imidazole rings is 1. The highest BCUT2D eigenvalue weighted by molar-refractivity contribution is 7.80. The highest BCUT2D eigenvalue weighted by Crippen LogP contribution is 2.33. The number of hydrogen-bond donors (Lipinski definition) is 2. The molecule has 1 amide bonds. The lowest BCUT2D eigenvalue weighted by Gasteiger charge is -2.34. The topological polar surface area (TPSA) is 86.0 Å². The van der Waals surface area contributed by atoms with Crippen LogP contribution in [0.3, 0.4) is 0 Å². The molecule has 0 bridgehead atoms. The average molecular weight is 667 g/mol. The lowest BCUT2D eigenvalue weighted by molar-refractivity contribution is -0.138. The molecule has 12 heteroatoms. The molecule has 0 aliphatic heterocycles. The van der Waals surface area contributed by atoms with Gasteiger partial charge >= 0.3 is 6.18 Å². The van der Waals surface area contributed by atoms with Crippen LogP contribution in [0.15, 0.2) is 85.3 Å². The van der Waals surface area contributed by atoms with Crippen molar-refractivity contribution >= 4 is 40.5 Å². The van der Waals surface area contributed by atoms with Crippen molar-refractivity contribution in [2.45, 2.75) is 52.0 Å². The Morgan fingerprint density at radius 2 is 1.80 bits per heavy atom. The third kappa shape index (κ3) is 9.31. The molecule has 0 aliphatic rings. The van der Waals surface area contributed by atoms with E-state index >= 15 is 0 Å². The number of nitrogens with zero attached hydrogens (tertiary/aromatic N) is 4. The number of amides is 1. The summed E-state index contributed by atoms with van der Waals surface area (Å²) in [5.74, 6) is -0.288. The molecule has 0 saturated carbocycles. The Morgan fingerprint density at radius 3 is 2.48 bits per heavy atom. The molecule has 1 heterocycles. The summed E-state index contributed by atoms with van der Waals surface area (Å²) in [4.78, 5) is 19.3. The normalized spacial score (nSPS) is 12.5. The standard InChI is InChI=1S/C34H34ClF3N6OS/c1-3-23(2)31(41-32(45)16-27-18-40-22-44(27)19-25-14-12-24(17-39)13-15-25)21-43(33(46)42-30-11-7-6-10-29(30)35)20-26-8-4-5-9-28(26)34(36,37)38/h4-15,18,22-23,31H,3,16,19-21H2,1-2H3,(H,41,45)(H,42,46)/t23-,31+/m0/s1. The Kier molecular flexibility index (Phi) is 11.8. The Bertz CT molecular complexity index is 1690. The molecule has 0 unspecified atom stereocenters. The van der Waals surface area contributed by atoms with E-state index < -0.39 is 17.8 Å². The third-order valence-electron chi connectivity index (χ3n) is 7.76. The molecule has 3 aromatic carbocycles. The molecule has 0 fully saturated rings. The van der Waals surface area contributed by atoms with Gasteiger partial charge < -0.3 is 20.1 Å². The van der Waals surface area contributed by atoms with Crippen molar-refractivity contribution < 1.29 is 18.0 Å². The second-order valence-corrected chi connectivity index (χ2v) is 11.8. The molecule has 0 spiro atoms. The number of nitriles is 1. The first kappa shape index (κ1) is 34.5. The minimum atomic E-state index is -4.55. The maximum Gasteiger partial charge on any atom is 0.416 e. The molecule has 4 aromatic rings. The van der Waals surface area contributed by atoms with Gasteiger partial charge in [-0.3, -0.25) is 4.79 Å². The van der Waals surface area contributed by atoms with Gasteiger partial charge in [0.1, 0.15) is 0 Å². The maximum atomic E-state index is 13.9. The summed E-state index contributed by atoms with van der Waals surface area (Å²) < 4.78 is 43.7. The van der Waals surface area contributed by atoms with E-state index in [4.69, 9.17) is 29.1 Å². The predicted octanol–water partition coefficient (Wildman–Crippen LogP) is 7.45. The lowest BCUT2D eigenvalue weighted by atomic mass is 9.97. The molecule has 2 N–H and O–H groups in total. The van der Waals surface area contributed by atoms with Gasteiger partial charge in [-0.2, -0.15) is 18.4 Å². The number of thiocarbonyl (C=S) groups is 1. The summed E-state index contributed by atoms with van der Waals surface area (Å²) in [6, 6.07) is 21.2. The van der Waals surface area contributed by atoms with Gasteiger partial charge in [-0.15, -0.1) is 0 Å². The fourth-order valence-electron chi connectivity index (χ4n) is 4.95. The molecular weight excluding hydrogens is 633 g/mol. The van der Waals surface area contributed by atoms with E-state index in [1.54, 1.807) is 59.9 Å². The Labute approximate surface area is 277 Å². The SMILES string of the molecule is CC[C@H](C)[C@@H](CN(Cc1ccccc1C(F)(F)F)C(=S)Nc1ccccc1Cl)NC(=O)Cc1cncn1Cc1ccc(C#N)cc1. The number of anilines is 1. The molecule has 2 atom stereocenters. The van der Waals surface area contributed by atoms with Crippen LogP contribution in [0, 0.1) is 17.2 Å². The highest BCUT2D eigenvalue weighted by atomic mass is 35.5. The second kappa shape index (κ2) is 15.7. The van der Waals surface area contributed by atoms with E-state index in [-0.39, 0.29) is 42.0 Å². The summed E-state index contributed by atoms with van der Waals surface area (Å²) in [6.07, 6.45) is -0.525. The zero-order chi connectivity index (χ0) is 33.3. The Hall–Kier alpha value is -4.40. The van der Waals surface area contributed by atoms with Crippen LogP contribution < -0.4 is 10.6 Å². The number of carbonyl (C=O) groups excluding carboxylic acids is 1. The van der Waals surface area contributed by atoms with Crippen molar-refractivity contribution in [2.24, 2.45) is 5.92 Å². The Morgan fingerprint density at radius 1 is 1.11 bits per heavy atom. The number of rotatable bonds is 12. The van der Waals surface area contributed by atoms with Crippen molar-refractivity contribution in [3.8, 4) is 6.07 Å². The van der Waals surface area contributed by atoms with Crippen LogP contribution in [0.25, 0.3) is 0 Å². The number of benzene rings is 3. The quantitative estimate of drug-likeness (QED) is 0.153. The molecule has 4 rings (SSSR count). The van der Waals surface area contributed by atoms with E-state index in [1.807, 2.05) is 30.5 Å². The van der Waals surface area contributed by atoms with Gasteiger partial charge in [0.15, 0.2) is 5.11 Å². The molecule has 0 radical (unpaired) electrons. The number of para-hydroxylation sites is 1. The predicted molar refractivity (Wildman–Crippen MR) is 177 cm³/mol. The number of hydrogen-bond acceptors (Lipinski definition) is 4. The van der Waals surface area contributed by atoms with Gasteiger partial charge in [0, 0.05) is 37.6 Å². The van der Waals surface area contributed by atoms with Crippen LogP contribution >= 0.6 is 23.8 Å². The second-order valence-electron chi connectivity index (χ2n) is 11.0. The molecule has 46 heavy (non-hydrogen) atoms.